The number of rotatable bonds is 7. The molecule has 0 aromatic rings. The summed E-state index contributed by atoms with van der Waals surface area (Å²) in [7, 11) is 1.58. The van der Waals surface area contributed by atoms with Gasteiger partial charge in [-0.2, -0.15) is 0 Å². The molecule has 0 aliphatic heterocycles. The number of hydrogen-bond acceptors (Lipinski definition) is 4. The molecule has 4 heteroatoms. The molecule has 3 N–H and O–H groups in total. The number of allylic oxidation sites excluding steroid dienone is 2. The standard InChI is InChI=1S/C14H25NO3/c1-6-12(7-8-16)18-14(3,4)9-11(2)13(10-15)17-5/h6,9-10,16H,7-8,15H2,1-5H3/b11-9-,12-6-,13-10-. The predicted octanol–water partition coefficient (Wildman–Crippen LogP) is 2.46. The second kappa shape index (κ2) is 7.82. The number of methoxy groups -OCH3 is 1. The van der Waals surface area contributed by atoms with Crippen molar-refractivity contribution in [2.24, 2.45) is 5.73 Å². The first-order valence-electron chi connectivity index (χ1n) is 6.01. The van der Waals surface area contributed by atoms with Crippen LogP contribution in [0, 0.1) is 0 Å². The SMILES string of the molecule is C/C=C(/CCO)OC(C)(C)/C=C(C)\C(=C\N)OC. The van der Waals surface area contributed by atoms with Crippen LogP contribution in [0.1, 0.15) is 34.1 Å². The molecule has 0 aromatic heterocycles. The Hall–Kier alpha value is -1.42. The Bertz CT molecular complexity index is 341. The van der Waals surface area contributed by atoms with Crippen LogP contribution in [0.3, 0.4) is 0 Å². The van der Waals surface area contributed by atoms with Crippen LogP contribution in [0.4, 0.5) is 0 Å². The lowest BCUT2D eigenvalue weighted by atomic mass is 10.0. The fourth-order valence-corrected chi connectivity index (χ4v) is 1.68. The first kappa shape index (κ1) is 16.6. The van der Waals surface area contributed by atoms with Crippen LogP contribution >= 0.6 is 0 Å². The topological polar surface area (TPSA) is 64.7 Å². The van der Waals surface area contributed by atoms with Gasteiger partial charge in [-0.15, -0.1) is 0 Å². The maximum Gasteiger partial charge on any atom is 0.137 e. The Morgan fingerprint density at radius 2 is 2.00 bits per heavy atom. The third-order valence-electron chi connectivity index (χ3n) is 2.40. The van der Waals surface area contributed by atoms with Crippen molar-refractivity contribution in [3.63, 3.8) is 0 Å². The third-order valence-corrected chi connectivity index (χ3v) is 2.40. The summed E-state index contributed by atoms with van der Waals surface area (Å²) in [5, 5.41) is 8.93. The molecule has 0 fully saturated rings. The maximum atomic E-state index is 8.93. The van der Waals surface area contributed by atoms with E-state index in [4.69, 9.17) is 20.3 Å². The average Bonchev–Trinajstić information content (AvgIpc) is 2.29. The van der Waals surface area contributed by atoms with Crippen molar-refractivity contribution in [3.05, 3.63) is 35.4 Å². The van der Waals surface area contributed by atoms with Crippen molar-refractivity contribution in [2.45, 2.75) is 39.7 Å². The molecule has 0 saturated carbocycles. The molecular formula is C14H25NO3. The molecular weight excluding hydrogens is 230 g/mol. The Morgan fingerprint density at radius 3 is 2.39 bits per heavy atom. The summed E-state index contributed by atoms with van der Waals surface area (Å²) < 4.78 is 11.0. The smallest absolute Gasteiger partial charge is 0.137 e. The van der Waals surface area contributed by atoms with E-state index in [1.165, 1.54) is 6.20 Å². The van der Waals surface area contributed by atoms with E-state index in [2.05, 4.69) is 0 Å². The summed E-state index contributed by atoms with van der Waals surface area (Å²) in [5.41, 5.74) is 5.88. The second-order valence-corrected chi connectivity index (χ2v) is 4.50. The van der Waals surface area contributed by atoms with E-state index in [0.29, 0.717) is 12.2 Å². The molecule has 18 heavy (non-hydrogen) atoms. The lowest BCUT2D eigenvalue weighted by Gasteiger charge is -2.26. The molecule has 0 aliphatic rings. The molecule has 0 rings (SSSR count). The number of hydrogen-bond donors (Lipinski definition) is 2. The minimum absolute atomic E-state index is 0.0739. The van der Waals surface area contributed by atoms with E-state index < -0.39 is 5.60 Å². The van der Waals surface area contributed by atoms with Gasteiger partial charge in [0.25, 0.3) is 0 Å². The van der Waals surface area contributed by atoms with E-state index in [-0.39, 0.29) is 6.61 Å². The number of aliphatic hydroxyl groups is 1. The molecule has 0 aliphatic carbocycles. The Labute approximate surface area is 110 Å². The van der Waals surface area contributed by atoms with Gasteiger partial charge in [0.2, 0.25) is 0 Å². The first-order chi connectivity index (χ1) is 8.40. The summed E-state index contributed by atoms with van der Waals surface area (Å²) in [4.78, 5) is 0. The highest BCUT2D eigenvalue weighted by Gasteiger charge is 2.18. The van der Waals surface area contributed by atoms with E-state index in [1.807, 2.05) is 39.8 Å². The van der Waals surface area contributed by atoms with Crippen molar-refractivity contribution in [1.29, 1.82) is 0 Å². The van der Waals surface area contributed by atoms with Crippen molar-refractivity contribution < 1.29 is 14.6 Å². The van der Waals surface area contributed by atoms with E-state index in [1.54, 1.807) is 7.11 Å². The molecule has 0 atom stereocenters. The summed E-state index contributed by atoms with van der Waals surface area (Å²) in [6.07, 6.45) is 5.73. The lowest BCUT2D eigenvalue weighted by Crippen LogP contribution is -2.22. The Balaban J connectivity index is 4.88. The summed E-state index contributed by atoms with van der Waals surface area (Å²) in [6.45, 7) is 7.76. The monoisotopic (exact) mass is 255 g/mol. The van der Waals surface area contributed by atoms with Gasteiger partial charge in [0.15, 0.2) is 0 Å². The van der Waals surface area contributed by atoms with Crippen LogP contribution in [0.15, 0.2) is 35.4 Å². The second-order valence-electron chi connectivity index (χ2n) is 4.50. The van der Waals surface area contributed by atoms with Gasteiger partial charge in [-0.25, -0.2) is 0 Å². The molecule has 0 amide bonds. The quantitative estimate of drug-likeness (QED) is 0.542. The zero-order valence-electron chi connectivity index (χ0n) is 12.0. The van der Waals surface area contributed by atoms with E-state index in [0.717, 1.165) is 11.3 Å². The van der Waals surface area contributed by atoms with Gasteiger partial charge in [-0.05, 0) is 45.4 Å². The molecule has 4 nitrogen and oxygen atoms in total. The van der Waals surface area contributed by atoms with Crippen LogP contribution in [0.5, 0.6) is 0 Å². The average molecular weight is 255 g/mol. The van der Waals surface area contributed by atoms with E-state index in [9.17, 15) is 0 Å². The minimum atomic E-state index is -0.492. The van der Waals surface area contributed by atoms with Crippen molar-refractivity contribution in [2.75, 3.05) is 13.7 Å². The lowest BCUT2D eigenvalue weighted by molar-refractivity contribution is 0.0658. The Kier molecular flexibility index (Phi) is 7.20. The van der Waals surface area contributed by atoms with Crippen molar-refractivity contribution >= 4 is 0 Å². The largest absolute Gasteiger partial charge is 0.495 e. The van der Waals surface area contributed by atoms with Crippen LogP contribution in [0.2, 0.25) is 0 Å². The molecule has 0 radical (unpaired) electrons. The zero-order chi connectivity index (χ0) is 14.2. The summed E-state index contributed by atoms with van der Waals surface area (Å²) >= 11 is 0. The predicted molar refractivity (Wildman–Crippen MR) is 73.7 cm³/mol. The van der Waals surface area contributed by atoms with Gasteiger partial charge in [0.1, 0.15) is 11.4 Å². The molecule has 0 heterocycles. The van der Waals surface area contributed by atoms with Gasteiger partial charge in [-0.1, -0.05) is 0 Å². The van der Waals surface area contributed by atoms with Gasteiger partial charge in [0, 0.05) is 12.6 Å². The fraction of sp³-hybridized carbons (Fsp3) is 0.571. The van der Waals surface area contributed by atoms with Crippen LogP contribution in [-0.2, 0) is 9.47 Å². The minimum Gasteiger partial charge on any atom is -0.495 e. The Morgan fingerprint density at radius 1 is 1.39 bits per heavy atom. The van der Waals surface area contributed by atoms with Crippen molar-refractivity contribution in [1.82, 2.24) is 0 Å². The highest BCUT2D eigenvalue weighted by atomic mass is 16.5. The number of aliphatic hydroxyl groups excluding tert-OH is 1. The molecule has 0 bridgehead atoms. The van der Waals surface area contributed by atoms with Gasteiger partial charge < -0.3 is 20.3 Å². The molecule has 0 aromatic carbocycles. The number of ether oxygens (including phenoxy) is 2. The third kappa shape index (κ3) is 5.77. The molecule has 0 unspecified atom stereocenters. The highest BCUT2D eigenvalue weighted by Crippen LogP contribution is 2.22. The van der Waals surface area contributed by atoms with Crippen LogP contribution < -0.4 is 5.73 Å². The van der Waals surface area contributed by atoms with Crippen molar-refractivity contribution in [3.8, 4) is 0 Å². The summed E-state index contributed by atoms with van der Waals surface area (Å²) in [5.74, 6) is 1.39. The van der Waals surface area contributed by atoms with E-state index >= 15 is 0 Å². The molecule has 0 saturated heterocycles. The van der Waals surface area contributed by atoms with Gasteiger partial charge in [-0.3, -0.25) is 0 Å². The van der Waals surface area contributed by atoms with Crippen LogP contribution in [0.25, 0.3) is 0 Å². The first-order valence-corrected chi connectivity index (χ1v) is 6.01. The normalized spacial score (nSPS) is 14.7. The summed E-state index contributed by atoms with van der Waals surface area (Å²) in [6, 6.07) is 0. The van der Waals surface area contributed by atoms with Gasteiger partial charge >= 0.3 is 0 Å². The molecule has 104 valence electrons. The number of nitrogens with two attached hydrogens (primary N) is 1. The fourth-order valence-electron chi connectivity index (χ4n) is 1.68. The molecule has 0 spiro atoms. The zero-order valence-corrected chi connectivity index (χ0v) is 12.0. The van der Waals surface area contributed by atoms with Crippen LogP contribution in [-0.4, -0.2) is 24.4 Å². The highest BCUT2D eigenvalue weighted by molar-refractivity contribution is 5.26. The maximum absolute atomic E-state index is 8.93. The van der Waals surface area contributed by atoms with Gasteiger partial charge in [0.05, 0.1) is 19.5 Å².